The third-order valence-corrected chi connectivity index (χ3v) is 4.93. The van der Waals surface area contributed by atoms with E-state index in [1.165, 1.54) is 12.3 Å². The van der Waals surface area contributed by atoms with Crippen molar-refractivity contribution in [2.24, 2.45) is 0 Å². The Balaban J connectivity index is 1.52. The van der Waals surface area contributed by atoms with Crippen molar-refractivity contribution in [3.63, 3.8) is 0 Å². The van der Waals surface area contributed by atoms with Crippen LogP contribution in [0.3, 0.4) is 0 Å². The number of hydrogen-bond acceptors (Lipinski definition) is 3. The van der Waals surface area contributed by atoms with Gasteiger partial charge in [0.05, 0.1) is 17.5 Å². The Kier molecular flexibility index (Phi) is 4.77. The smallest absolute Gasteiger partial charge is 0.416 e. The van der Waals surface area contributed by atoms with Gasteiger partial charge in [0.1, 0.15) is 12.4 Å². The summed E-state index contributed by atoms with van der Waals surface area (Å²) in [5.74, 6) is 0.599. The summed E-state index contributed by atoms with van der Waals surface area (Å²) in [6.07, 6.45) is -2.88. The Morgan fingerprint density at radius 2 is 2.03 bits per heavy atom. The van der Waals surface area contributed by atoms with Gasteiger partial charge in [-0.15, -0.1) is 0 Å². The molecule has 0 atom stereocenters. The number of nitrogens with one attached hydrogen (secondary N) is 1. The molecule has 3 aromatic rings. The van der Waals surface area contributed by atoms with Crippen LogP contribution in [0.25, 0.3) is 11.3 Å². The molecule has 5 nitrogen and oxygen atoms in total. The van der Waals surface area contributed by atoms with Gasteiger partial charge in [0.15, 0.2) is 0 Å². The molecule has 2 heterocycles. The van der Waals surface area contributed by atoms with E-state index in [2.05, 4.69) is 10.2 Å². The van der Waals surface area contributed by atoms with Gasteiger partial charge in [0.25, 0.3) is 5.91 Å². The Morgan fingerprint density at radius 3 is 2.79 bits per heavy atom. The van der Waals surface area contributed by atoms with Crippen molar-refractivity contribution < 1.29 is 22.7 Å². The van der Waals surface area contributed by atoms with Gasteiger partial charge in [-0.25, -0.2) is 0 Å². The zero-order valence-corrected chi connectivity index (χ0v) is 15.6. The van der Waals surface area contributed by atoms with Gasteiger partial charge in [-0.05, 0) is 42.8 Å². The minimum atomic E-state index is -4.42. The summed E-state index contributed by atoms with van der Waals surface area (Å²) in [5.41, 5.74) is 2.35. The van der Waals surface area contributed by atoms with Crippen LogP contribution in [-0.4, -0.2) is 27.5 Å². The van der Waals surface area contributed by atoms with Crippen LogP contribution in [0.4, 0.5) is 13.2 Å². The van der Waals surface area contributed by atoms with E-state index >= 15 is 0 Å². The highest BCUT2D eigenvalue weighted by molar-refractivity contribution is 5.98. The van der Waals surface area contributed by atoms with Crippen LogP contribution in [-0.2, 0) is 19.3 Å². The lowest BCUT2D eigenvalue weighted by atomic mass is 10.1. The molecule has 4 rings (SSSR count). The molecule has 0 spiro atoms. The highest BCUT2D eigenvalue weighted by Crippen LogP contribution is 2.33. The van der Waals surface area contributed by atoms with E-state index in [0.29, 0.717) is 41.2 Å². The first-order valence-electron chi connectivity index (χ1n) is 9.11. The van der Waals surface area contributed by atoms with Crippen LogP contribution in [0.15, 0.2) is 48.7 Å². The second-order valence-corrected chi connectivity index (χ2v) is 6.78. The number of benzene rings is 2. The van der Waals surface area contributed by atoms with E-state index in [-0.39, 0.29) is 12.5 Å². The first-order valence-corrected chi connectivity index (χ1v) is 9.11. The van der Waals surface area contributed by atoms with E-state index < -0.39 is 11.7 Å². The number of hydrogen-bond donors (Lipinski definition) is 1. The molecular formula is C21H18F3N3O2. The van der Waals surface area contributed by atoms with Crippen molar-refractivity contribution in [3.05, 3.63) is 70.9 Å². The van der Waals surface area contributed by atoms with E-state index in [1.54, 1.807) is 23.1 Å². The fraction of sp³-hybridized carbons (Fsp3) is 0.238. The molecule has 1 N–H and O–H groups in total. The molecule has 1 aliphatic heterocycles. The van der Waals surface area contributed by atoms with E-state index in [9.17, 15) is 18.0 Å². The Bertz CT molecular complexity index is 1060. The summed E-state index contributed by atoms with van der Waals surface area (Å²) in [6, 6.07) is 10.4. The average Bonchev–Trinajstić information content (AvgIpc) is 3.30. The maximum Gasteiger partial charge on any atom is 0.416 e. The van der Waals surface area contributed by atoms with Crippen LogP contribution < -0.4 is 4.74 Å². The monoisotopic (exact) mass is 401 g/mol. The Hall–Kier alpha value is -3.29. The van der Waals surface area contributed by atoms with Crippen molar-refractivity contribution in [1.29, 1.82) is 0 Å². The third kappa shape index (κ3) is 3.70. The number of amides is 1. The fourth-order valence-electron chi connectivity index (χ4n) is 3.39. The number of fused-ring (bicyclic) bond motifs is 1. The molecule has 0 saturated heterocycles. The van der Waals surface area contributed by atoms with Crippen LogP contribution in [0.5, 0.6) is 5.75 Å². The predicted molar refractivity (Wildman–Crippen MR) is 100 cm³/mol. The normalized spacial score (nSPS) is 13.7. The highest BCUT2D eigenvalue weighted by Gasteiger charge is 2.31. The molecule has 8 heteroatoms. The lowest BCUT2D eigenvalue weighted by Crippen LogP contribution is -2.22. The molecule has 0 unspecified atom stereocenters. The number of halogens is 3. The number of nitrogens with zero attached hydrogens (tertiary/aromatic N) is 2. The van der Waals surface area contributed by atoms with E-state index in [4.69, 9.17) is 4.74 Å². The Labute approximate surface area is 165 Å². The molecule has 0 aliphatic carbocycles. The third-order valence-electron chi connectivity index (χ3n) is 4.93. The molecular weight excluding hydrogens is 383 g/mol. The molecule has 0 saturated carbocycles. The topological polar surface area (TPSA) is 58.2 Å². The minimum absolute atomic E-state index is 0.00992. The minimum Gasteiger partial charge on any atom is -0.489 e. The van der Waals surface area contributed by atoms with Gasteiger partial charge in [0.2, 0.25) is 0 Å². The number of aromatic amines is 1. The molecule has 150 valence electrons. The summed E-state index contributed by atoms with van der Waals surface area (Å²) in [6.45, 7) is 3.24. The van der Waals surface area contributed by atoms with Crippen molar-refractivity contribution in [1.82, 2.24) is 15.1 Å². The maximum absolute atomic E-state index is 13.0. The average molecular weight is 401 g/mol. The van der Waals surface area contributed by atoms with E-state index in [0.717, 1.165) is 17.7 Å². The molecule has 1 aromatic heterocycles. The number of carbonyl (C=O) groups excluding carboxylic acids is 1. The molecule has 29 heavy (non-hydrogen) atoms. The number of carbonyl (C=O) groups is 1. The highest BCUT2D eigenvalue weighted by atomic mass is 19.4. The van der Waals surface area contributed by atoms with Gasteiger partial charge in [-0.1, -0.05) is 12.1 Å². The quantitative estimate of drug-likeness (QED) is 0.677. The van der Waals surface area contributed by atoms with Crippen molar-refractivity contribution in [3.8, 4) is 17.0 Å². The number of alkyl halides is 3. The summed E-state index contributed by atoms with van der Waals surface area (Å²) in [4.78, 5) is 13.9. The first-order chi connectivity index (χ1) is 13.9. The number of rotatable bonds is 5. The van der Waals surface area contributed by atoms with Crippen molar-refractivity contribution in [2.45, 2.75) is 26.3 Å². The Morgan fingerprint density at radius 1 is 1.21 bits per heavy atom. The second-order valence-electron chi connectivity index (χ2n) is 6.78. The molecule has 0 bridgehead atoms. The van der Waals surface area contributed by atoms with Gasteiger partial charge in [-0.2, -0.15) is 18.3 Å². The summed E-state index contributed by atoms with van der Waals surface area (Å²) in [5, 5.41) is 6.70. The van der Waals surface area contributed by atoms with Crippen LogP contribution in [0.2, 0.25) is 0 Å². The lowest BCUT2D eigenvalue weighted by Gasteiger charge is -2.11. The lowest BCUT2D eigenvalue weighted by molar-refractivity contribution is -0.137. The van der Waals surface area contributed by atoms with Crippen molar-refractivity contribution >= 4 is 5.91 Å². The van der Waals surface area contributed by atoms with Crippen LogP contribution in [0.1, 0.15) is 34.0 Å². The van der Waals surface area contributed by atoms with Gasteiger partial charge in [-0.3, -0.25) is 9.89 Å². The standard InChI is InChI=1S/C21H18F3N3O2/c1-2-27-11-14-9-17(6-7-18(14)20(27)28)29-12-15-10-25-26-19(15)13-4-3-5-16(8-13)21(22,23)24/h3-10H,2,11-12H2,1H3,(H,25,26). The summed E-state index contributed by atoms with van der Waals surface area (Å²) >= 11 is 0. The molecule has 0 radical (unpaired) electrons. The predicted octanol–water partition coefficient (Wildman–Crippen LogP) is 4.65. The number of H-pyrrole nitrogens is 1. The first kappa shape index (κ1) is 19.0. The molecule has 0 fully saturated rings. The fourth-order valence-corrected chi connectivity index (χ4v) is 3.39. The zero-order chi connectivity index (χ0) is 20.6. The summed E-state index contributed by atoms with van der Waals surface area (Å²) < 4.78 is 44.8. The van der Waals surface area contributed by atoms with Crippen LogP contribution >= 0.6 is 0 Å². The van der Waals surface area contributed by atoms with Gasteiger partial charge >= 0.3 is 6.18 Å². The van der Waals surface area contributed by atoms with E-state index in [1.807, 2.05) is 13.0 Å². The summed E-state index contributed by atoms with van der Waals surface area (Å²) in [7, 11) is 0. The van der Waals surface area contributed by atoms with Crippen molar-refractivity contribution in [2.75, 3.05) is 6.54 Å². The van der Waals surface area contributed by atoms with Gasteiger partial charge in [0, 0.05) is 29.8 Å². The molecule has 2 aromatic carbocycles. The number of aromatic nitrogens is 2. The van der Waals surface area contributed by atoms with Gasteiger partial charge < -0.3 is 9.64 Å². The van der Waals surface area contributed by atoms with Crippen LogP contribution in [0, 0.1) is 0 Å². The molecule has 1 aliphatic rings. The maximum atomic E-state index is 13.0. The zero-order valence-electron chi connectivity index (χ0n) is 15.6. The largest absolute Gasteiger partial charge is 0.489 e. The molecule has 1 amide bonds. The SMILES string of the molecule is CCN1Cc2cc(OCc3cn[nH]c3-c3cccc(C(F)(F)F)c3)ccc2C1=O. The number of ether oxygens (including phenoxy) is 1. The second kappa shape index (κ2) is 7.27.